The molecule has 2 rings (SSSR count). The Balaban J connectivity index is 2.27. The third kappa shape index (κ3) is 5.54. The third-order valence-electron chi connectivity index (χ3n) is 4.16. The van der Waals surface area contributed by atoms with Crippen LogP contribution in [0.15, 0.2) is 42.5 Å². The van der Waals surface area contributed by atoms with Crippen molar-refractivity contribution >= 4 is 17.6 Å². The maximum Gasteiger partial charge on any atom is 0.338 e. The van der Waals surface area contributed by atoms with Gasteiger partial charge in [-0.05, 0) is 60.8 Å². The fourth-order valence-corrected chi connectivity index (χ4v) is 2.70. The molecule has 0 saturated heterocycles. The number of anilines is 1. The summed E-state index contributed by atoms with van der Waals surface area (Å²) in [7, 11) is 1.30. The molecule has 0 spiro atoms. The third-order valence-corrected chi connectivity index (χ3v) is 4.16. The number of benzene rings is 2. The van der Waals surface area contributed by atoms with Crippen molar-refractivity contribution < 1.29 is 19.4 Å². The smallest absolute Gasteiger partial charge is 0.338 e. The van der Waals surface area contributed by atoms with Crippen molar-refractivity contribution in [2.45, 2.75) is 25.3 Å². The van der Waals surface area contributed by atoms with Crippen LogP contribution in [0.4, 0.5) is 5.69 Å². The van der Waals surface area contributed by atoms with Crippen molar-refractivity contribution in [2.75, 3.05) is 19.0 Å². The van der Waals surface area contributed by atoms with Crippen LogP contribution in [0, 0.1) is 0 Å². The Morgan fingerprint density at radius 3 is 2.63 bits per heavy atom. The van der Waals surface area contributed by atoms with E-state index in [2.05, 4.69) is 5.32 Å². The molecule has 0 radical (unpaired) electrons. The van der Waals surface area contributed by atoms with E-state index < -0.39 is 12.0 Å². The first-order chi connectivity index (χ1) is 13.0. The SMILES string of the molecule is COC(=O)c1ccc(NC(=O)[C@@H](N)CCCCN)cc1-c1cccc(O)c1. The van der Waals surface area contributed by atoms with Crippen LogP contribution in [0.2, 0.25) is 0 Å². The summed E-state index contributed by atoms with van der Waals surface area (Å²) in [5, 5.41) is 12.5. The topological polar surface area (TPSA) is 128 Å². The highest BCUT2D eigenvalue weighted by atomic mass is 16.5. The summed E-state index contributed by atoms with van der Waals surface area (Å²) in [6, 6.07) is 10.7. The van der Waals surface area contributed by atoms with Gasteiger partial charge < -0.3 is 26.6 Å². The summed E-state index contributed by atoms with van der Waals surface area (Å²) in [4.78, 5) is 24.4. The van der Waals surface area contributed by atoms with Crippen molar-refractivity contribution in [1.82, 2.24) is 0 Å². The molecule has 0 heterocycles. The average molecular weight is 371 g/mol. The molecule has 0 unspecified atom stereocenters. The van der Waals surface area contributed by atoms with Crippen LogP contribution < -0.4 is 16.8 Å². The Morgan fingerprint density at radius 1 is 1.19 bits per heavy atom. The minimum absolute atomic E-state index is 0.0691. The zero-order valence-corrected chi connectivity index (χ0v) is 15.3. The molecule has 0 aliphatic rings. The fourth-order valence-electron chi connectivity index (χ4n) is 2.70. The van der Waals surface area contributed by atoms with Crippen LogP contribution in [0.25, 0.3) is 11.1 Å². The summed E-state index contributed by atoms with van der Waals surface area (Å²) >= 11 is 0. The van der Waals surface area contributed by atoms with Gasteiger partial charge in [-0.15, -0.1) is 0 Å². The van der Waals surface area contributed by atoms with Gasteiger partial charge in [-0.3, -0.25) is 4.79 Å². The molecular weight excluding hydrogens is 346 g/mol. The van der Waals surface area contributed by atoms with Gasteiger partial charge in [0.05, 0.1) is 18.7 Å². The lowest BCUT2D eigenvalue weighted by atomic mass is 9.98. The van der Waals surface area contributed by atoms with E-state index in [0.29, 0.717) is 35.3 Å². The molecule has 1 atom stereocenters. The second-order valence-corrected chi connectivity index (χ2v) is 6.18. The number of carbonyl (C=O) groups excluding carboxylic acids is 2. The number of amides is 1. The largest absolute Gasteiger partial charge is 0.508 e. The van der Waals surface area contributed by atoms with Gasteiger partial charge in [-0.1, -0.05) is 18.6 Å². The van der Waals surface area contributed by atoms with Gasteiger partial charge in [0, 0.05) is 5.69 Å². The van der Waals surface area contributed by atoms with E-state index in [1.165, 1.54) is 19.2 Å². The molecule has 0 bridgehead atoms. The Kier molecular flexibility index (Phi) is 7.34. The van der Waals surface area contributed by atoms with Gasteiger partial charge in [0.1, 0.15) is 5.75 Å². The number of esters is 1. The quantitative estimate of drug-likeness (QED) is 0.416. The van der Waals surface area contributed by atoms with Crippen LogP contribution in [0.1, 0.15) is 29.6 Å². The predicted octanol–water partition coefficient (Wildman–Crippen LogP) is 2.24. The van der Waals surface area contributed by atoms with Crippen molar-refractivity contribution in [2.24, 2.45) is 11.5 Å². The summed E-state index contributed by atoms with van der Waals surface area (Å²) < 4.78 is 4.82. The summed E-state index contributed by atoms with van der Waals surface area (Å²) in [6.07, 6.45) is 2.14. The number of phenols is 1. The molecule has 0 aliphatic heterocycles. The summed E-state index contributed by atoms with van der Waals surface area (Å²) in [5.74, 6) is -0.746. The lowest BCUT2D eigenvalue weighted by Crippen LogP contribution is -2.35. The molecule has 6 N–H and O–H groups in total. The molecule has 0 saturated carbocycles. The van der Waals surface area contributed by atoms with Crippen LogP contribution in [-0.4, -0.2) is 36.7 Å². The number of unbranched alkanes of at least 4 members (excludes halogenated alkanes) is 1. The summed E-state index contributed by atoms with van der Waals surface area (Å²) in [6.45, 7) is 0.566. The molecular formula is C20H25N3O4. The molecule has 0 aromatic heterocycles. The van der Waals surface area contributed by atoms with Gasteiger partial charge >= 0.3 is 5.97 Å². The number of nitrogens with one attached hydrogen (secondary N) is 1. The van der Waals surface area contributed by atoms with Gasteiger partial charge in [-0.25, -0.2) is 4.79 Å². The number of rotatable bonds is 8. The number of nitrogens with two attached hydrogens (primary N) is 2. The number of hydrogen-bond donors (Lipinski definition) is 4. The molecule has 144 valence electrons. The minimum atomic E-state index is -0.638. The number of hydrogen-bond acceptors (Lipinski definition) is 6. The molecule has 2 aromatic carbocycles. The van der Waals surface area contributed by atoms with E-state index in [1.54, 1.807) is 30.3 Å². The lowest BCUT2D eigenvalue weighted by Gasteiger charge is -2.15. The van der Waals surface area contributed by atoms with Gasteiger partial charge in [0.25, 0.3) is 0 Å². The molecule has 27 heavy (non-hydrogen) atoms. The highest BCUT2D eigenvalue weighted by Crippen LogP contribution is 2.30. The highest BCUT2D eigenvalue weighted by Gasteiger charge is 2.17. The highest BCUT2D eigenvalue weighted by molar-refractivity contribution is 6.00. The number of methoxy groups -OCH3 is 1. The fraction of sp³-hybridized carbons (Fsp3) is 0.300. The first-order valence-corrected chi connectivity index (χ1v) is 8.74. The first-order valence-electron chi connectivity index (χ1n) is 8.74. The first kappa shape index (κ1) is 20.4. The van der Waals surface area contributed by atoms with Crippen LogP contribution in [0.5, 0.6) is 5.75 Å². The summed E-state index contributed by atoms with van der Waals surface area (Å²) in [5.41, 5.74) is 13.4. The van der Waals surface area contributed by atoms with E-state index in [4.69, 9.17) is 16.2 Å². The lowest BCUT2D eigenvalue weighted by molar-refractivity contribution is -0.117. The minimum Gasteiger partial charge on any atom is -0.508 e. The molecule has 0 fully saturated rings. The standard InChI is InChI=1S/C20H25N3O4/c1-27-20(26)16-9-8-14(23-19(25)18(22)7-2-3-10-21)12-17(16)13-5-4-6-15(24)11-13/h4-6,8-9,11-12,18,24H,2-3,7,10,21-22H2,1H3,(H,23,25)/t18-/m0/s1. The molecule has 0 aliphatic carbocycles. The zero-order chi connectivity index (χ0) is 19.8. The number of phenolic OH excluding ortho intramolecular Hbond substituents is 1. The Morgan fingerprint density at radius 2 is 1.96 bits per heavy atom. The van der Waals surface area contributed by atoms with Crippen LogP contribution in [-0.2, 0) is 9.53 Å². The normalized spacial score (nSPS) is 11.7. The Bertz CT molecular complexity index is 808. The molecule has 1 amide bonds. The Hall–Kier alpha value is -2.90. The zero-order valence-electron chi connectivity index (χ0n) is 15.3. The maximum atomic E-state index is 12.3. The van der Waals surface area contributed by atoms with Crippen molar-refractivity contribution in [1.29, 1.82) is 0 Å². The maximum absolute atomic E-state index is 12.3. The molecule has 7 nitrogen and oxygen atoms in total. The number of carbonyl (C=O) groups is 2. The van der Waals surface area contributed by atoms with E-state index in [0.717, 1.165) is 12.8 Å². The van der Waals surface area contributed by atoms with E-state index in [1.807, 2.05) is 0 Å². The van der Waals surface area contributed by atoms with E-state index in [9.17, 15) is 14.7 Å². The van der Waals surface area contributed by atoms with Gasteiger partial charge in [0.15, 0.2) is 0 Å². The average Bonchev–Trinajstić information content (AvgIpc) is 2.67. The van der Waals surface area contributed by atoms with Crippen LogP contribution >= 0.6 is 0 Å². The van der Waals surface area contributed by atoms with E-state index in [-0.39, 0.29) is 11.7 Å². The number of aromatic hydroxyl groups is 1. The van der Waals surface area contributed by atoms with Crippen molar-refractivity contribution in [3.63, 3.8) is 0 Å². The predicted molar refractivity (Wildman–Crippen MR) is 104 cm³/mol. The second-order valence-electron chi connectivity index (χ2n) is 6.18. The molecule has 7 heteroatoms. The monoisotopic (exact) mass is 371 g/mol. The Labute approximate surface area is 158 Å². The van der Waals surface area contributed by atoms with Gasteiger partial charge in [0.2, 0.25) is 5.91 Å². The molecule has 2 aromatic rings. The van der Waals surface area contributed by atoms with Crippen molar-refractivity contribution in [3.05, 3.63) is 48.0 Å². The van der Waals surface area contributed by atoms with Crippen LogP contribution in [0.3, 0.4) is 0 Å². The second kappa shape index (κ2) is 9.70. The van der Waals surface area contributed by atoms with E-state index >= 15 is 0 Å². The van der Waals surface area contributed by atoms with Gasteiger partial charge in [-0.2, -0.15) is 0 Å². The number of ether oxygens (including phenoxy) is 1. The van der Waals surface area contributed by atoms with Crippen molar-refractivity contribution in [3.8, 4) is 16.9 Å².